The van der Waals surface area contributed by atoms with Gasteiger partial charge in [-0.05, 0) is 19.1 Å². The van der Waals surface area contributed by atoms with Gasteiger partial charge in [0.05, 0.1) is 11.5 Å². The highest BCUT2D eigenvalue weighted by molar-refractivity contribution is 7.90. The van der Waals surface area contributed by atoms with Crippen LogP contribution >= 0.6 is 0 Å². The summed E-state index contributed by atoms with van der Waals surface area (Å²) in [5, 5.41) is 43.3. The molecule has 152 valence electrons. The van der Waals surface area contributed by atoms with Crippen LogP contribution in [-0.4, -0.2) is 68.9 Å². The van der Waals surface area contributed by atoms with E-state index in [9.17, 15) is 33.6 Å². The molecule has 0 saturated carbocycles. The predicted octanol–water partition coefficient (Wildman–Crippen LogP) is -1.61. The Hall–Kier alpha value is -2.51. The topological polar surface area (TPSA) is 185 Å². The summed E-state index contributed by atoms with van der Waals surface area (Å²) in [4.78, 5) is 11.6. The van der Waals surface area contributed by atoms with Crippen molar-refractivity contribution in [1.82, 2.24) is 9.19 Å². The summed E-state index contributed by atoms with van der Waals surface area (Å²) in [5.74, 6) is -2.18. The zero-order valence-electron chi connectivity index (χ0n) is 14.6. The van der Waals surface area contributed by atoms with Crippen LogP contribution in [0.15, 0.2) is 29.2 Å². The molecule has 4 atom stereocenters. The van der Waals surface area contributed by atoms with E-state index in [4.69, 9.17) is 10.5 Å². The molecule has 0 spiro atoms. The van der Waals surface area contributed by atoms with Gasteiger partial charge in [0.25, 0.3) is 15.9 Å². The van der Waals surface area contributed by atoms with Gasteiger partial charge in [-0.1, -0.05) is 17.7 Å². The zero-order valence-corrected chi connectivity index (χ0v) is 15.4. The molecule has 1 fully saturated rings. The van der Waals surface area contributed by atoms with Crippen molar-refractivity contribution in [1.29, 1.82) is 0 Å². The van der Waals surface area contributed by atoms with Gasteiger partial charge >= 0.3 is 0 Å². The number of hydrogen-bond acceptors (Lipinski definition) is 9. The first-order chi connectivity index (χ1) is 13.1. The Bertz CT molecular complexity index is 1000. The van der Waals surface area contributed by atoms with Crippen LogP contribution in [0.5, 0.6) is 5.75 Å². The molecule has 28 heavy (non-hydrogen) atoms. The summed E-state index contributed by atoms with van der Waals surface area (Å²) in [6, 6.07) is 5.65. The average Bonchev–Trinajstić information content (AvgIpc) is 3.13. The second-order valence-electron chi connectivity index (χ2n) is 6.37. The number of benzene rings is 1. The number of ether oxygens (including phenoxy) is 1. The van der Waals surface area contributed by atoms with Gasteiger partial charge in [0.1, 0.15) is 30.1 Å². The van der Waals surface area contributed by atoms with Gasteiger partial charge < -0.3 is 30.9 Å². The van der Waals surface area contributed by atoms with Gasteiger partial charge in [0.15, 0.2) is 11.4 Å². The summed E-state index contributed by atoms with van der Waals surface area (Å²) in [6.07, 6.45) is -5.81. The fourth-order valence-electron chi connectivity index (χ4n) is 2.92. The minimum atomic E-state index is -4.42. The van der Waals surface area contributed by atoms with Crippen LogP contribution in [0.25, 0.3) is 0 Å². The maximum Gasteiger partial charge on any atom is 0.283 e. The number of carbonyl (C=O) groups excluding carboxylic acids is 1. The summed E-state index contributed by atoms with van der Waals surface area (Å²) < 4.78 is 31.3. The molecule has 1 aromatic heterocycles. The predicted molar refractivity (Wildman–Crippen MR) is 92.9 cm³/mol. The number of nitrogens with zero attached hydrogens (tertiary/aromatic N) is 2. The molecular weight excluding hydrogens is 394 g/mol. The molecule has 3 rings (SSSR count). The molecule has 1 amide bonds. The van der Waals surface area contributed by atoms with E-state index in [1.807, 2.05) is 0 Å². The lowest BCUT2D eigenvalue weighted by Gasteiger charge is -2.12. The smallest absolute Gasteiger partial charge is 0.283 e. The van der Waals surface area contributed by atoms with Crippen molar-refractivity contribution >= 4 is 15.9 Å². The number of carbonyl (C=O) groups is 1. The summed E-state index contributed by atoms with van der Waals surface area (Å²) in [5.41, 5.74) is 4.69. The number of aliphatic hydroxyl groups excluding tert-OH is 3. The number of nitrogens with two attached hydrogens (primary N) is 1. The molecule has 0 unspecified atom stereocenters. The van der Waals surface area contributed by atoms with E-state index in [-0.39, 0.29) is 8.98 Å². The number of aliphatic hydroxyl groups is 3. The monoisotopic (exact) mass is 413 g/mol. The van der Waals surface area contributed by atoms with E-state index in [0.717, 1.165) is 5.56 Å². The van der Waals surface area contributed by atoms with Crippen molar-refractivity contribution in [2.45, 2.75) is 36.2 Å². The lowest BCUT2D eigenvalue weighted by atomic mass is 10.1. The van der Waals surface area contributed by atoms with E-state index < -0.39 is 64.1 Å². The fourth-order valence-corrected chi connectivity index (χ4v) is 4.21. The van der Waals surface area contributed by atoms with Crippen molar-refractivity contribution < 1.29 is 38.4 Å². The minimum Gasteiger partial charge on any atom is -0.504 e. The number of amides is 1. The number of hydrogen-bond donors (Lipinski definition) is 5. The third-order valence-corrected chi connectivity index (χ3v) is 6.04. The molecular formula is C16H19N3O8S. The number of rotatable bonds is 5. The summed E-state index contributed by atoms with van der Waals surface area (Å²) in [7, 11) is -4.42. The Labute approximate surface area is 159 Å². The second kappa shape index (κ2) is 7.14. The molecule has 0 radical (unpaired) electrons. The number of primary amides is 1. The van der Waals surface area contributed by atoms with E-state index in [0.29, 0.717) is 0 Å². The first-order valence-electron chi connectivity index (χ1n) is 8.16. The van der Waals surface area contributed by atoms with Crippen LogP contribution in [0, 0.1) is 6.92 Å². The van der Waals surface area contributed by atoms with Crippen LogP contribution in [0.2, 0.25) is 0 Å². The Kier molecular flexibility index (Phi) is 5.16. The number of aryl methyl sites for hydroxylation is 1. The molecule has 2 heterocycles. The normalized spacial score (nSPS) is 25.1. The second-order valence-corrected chi connectivity index (χ2v) is 8.13. The van der Waals surface area contributed by atoms with Crippen molar-refractivity contribution in [2.75, 3.05) is 6.61 Å². The van der Waals surface area contributed by atoms with E-state index in [1.54, 1.807) is 6.92 Å². The van der Waals surface area contributed by atoms with Gasteiger partial charge in [-0.3, -0.25) is 4.79 Å². The standard InChI is InChI=1S/C16H19N3O8S/c1-7-2-4-8(5-3-7)28(25,26)19-11(16(17)24)13(22)10(18-19)15-14(23)12(21)9(6-20)27-15/h2-5,9,12,14-15,20-23H,6H2,1H3,(H2,17,24)/t9-,12+,14+,15+/m0/s1. The van der Waals surface area contributed by atoms with Crippen LogP contribution in [0.3, 0.4) is 0 Å². The van der Waals surface area contributed by atoms with Crippen molar-refractivity contribution in [3.63, 3.8) is 0 Å². The molecule has 6 N–H and O–H groups in total. The van der Waals surface area contributed by atoms with Gasteiger partial charge in [0.2, 0.25) is 0 Å². The summed E-state index contributed by atoms with van der Waals surface area (Å²) >= 11 is 0. The van der Waals surface area contributed by atoms with Gasteiger partial charge in [-0.15, -0.1) is 4.09 Å². The average molecular weight is 413 g/mol. The molecule has 1 aromatic carbocycles. The van der Waals surface area contributed by atoms with Crippen molar-refractivity contribution in [3.05, 3.63) is 41.2 Å². The molecule has 0 bridgehead atoms. The lowest BCUT2D eigenvalue weighted by Crippen LogP contribution is -2.32. The van der Waals surface area contributed by atoms with Gasteiger partial charge in [-0.2, -0.15) is 13.5 Å². The molecule has 12 heteroatoms. The summed E-state index contributed by atoms with van der Waals surface area (Å²) in [6.45, 7) is 1.12. The van der Waals surface area contributed by atoms with E-state index >= 15 is 0 Å². The Morgan fingerprint density at radius 2 is 1.86 bits per heavy atom. The third kappa shape index (κ3) is 3.14. The quantitative estimate of drug-likeness (QED) is 0.384. The molecule has 2 aromatic rings. The van der Waals surface area contributed by atoms with Crippen LogP contribution < -0.4 is 5.73 Å². The first kappa shape index (κ1) is 20.2. The minimum absolute atomic E-state index is 0.212. The van der Waals surface area contributed by atoms with Crippen molar-refractivity contribution in [3.8, 4) is 5.75 Å². The molecule has 1 aliphatic heterocycles. The van der Waals surface area contributed by atoms with Crippen LogP contribution in [0.1, 0.15) is 27.8 Å². The maximum absolute atomic E-state index is 12.9. The third-order valence-electron chi connectivity index (χ3n) is 4.45. The highest BCUT2D eigenvalue weighted by Gasteiger charge is 2.47. The Balaban J connectivity index is 2.15. The highest BCUT2D eigenvalue weighted by Crippen LogP contribution is 2.39. The molecule has 0 aliphatic carbocycles. The van der Waals surface area contributed by atoms with E-state index in [2.05, 4.69) is 5.10 Å². The number of aromatic hydroxyl groups is 1. The van der Waals surface area contributed by atoms with Crippen LogP contribution in [0.4, 0.5) is 0 Å². The fraction of sp³-hybridized carbons (Fsp3) is 0.375. The molecule has 11 nitrogen and oxygen atoms in total. The maximum atomic E-state index is 12.9. The molecule has 1 saturated heterocycles. The lowest BCUT2D eigenvalue weighted by molar-refractivity contribution is -0.0245. The Morgan fingerprint density at radius 3 is 2.36 bits per heavy atom. The van der Waals surface area contributed by atoms with Crippen LogP contribution in [-0.2, 0) is 14.8 Å². The van der Waals surface area contributed by atoms with Gasteiger partial charge in [0, 0.05) is 0 Å². The zero-order chi connectivity index (χ0) is 20.8. The highest BCUT2D eigenvalue weighted by atomic mass is 32.2. The van der Waals surface area contributed by atoms with Gasteiger partial charge in [-0.25, -0.2) is 0 Å². The largest absolute Gasteiger partial charge is 0.504 e. The van der Waals surface area contributed by atoms with Crippen molar-refractivity contribution in [2.24, 2.45) is 5.73 Å². The Morgan fingerprint density at radius 1 is 1.25 bits per heavy atom. The van der Waals surface area contributed by atoms with E-state index in [1.165, 1.54) is 24.3 Å². The number of aromatic nitrogens is 2. The first-order valence-corrected chi connectivity index (χ1v) is 9.60. The SMILES string of the molecule is Cc1ccc(S(=O)(=O)n2nc([C@H]3O[C@@H](CO)[C@@H](O)[C@H]3O)c(O)c2C(N)=O)cc1. The molecule has 1 aliphatic rings.